The zero-order valence-electron chi connectivity index (χ0n) is 52.7. The summed E-state index contributed by atoms with van der Waals surface area (Å²) in [7, 11) is 2.00. The fourth-order valence-corrected chi connectivity index (χ4v) is 8.88. The zero-order chi connectivity index (χ0) is 64.0. The summed E-state index contributed by atoms with van der Waals surface area (Å²) in [6.45, 7) is -0.299. The van der Waals surface area contributed by atoms with Crippen LogP contribution in [0.4, 0.5) is 8.78 Å². The van der Waals surface area contributed by atoms with Gasteiger partial charge in [-0.25, -0.2) is 18.7 Å². The molecular weight excluding hydrogens is 1440 g/mol. The van der Waals surface area contributed by atoms with E-state index in [0.717, 1.165) is 120 Å². The van der Waals surface area contributed by atoms with Crippen LogP contribution in [0, 0.1) is 57.4 Å². The van der Waals surface area contributed by atoms with Crippen molar-refractivity contribution in [3.05, 3.63) is 277 Å². The largest absolute Gasteiger partial charge is 0.486 e. The van der Waals surface area contributed by atoms with Crippen LogP contribution in [0.1, 0.15) is 30.7 Å². The van der Waals surface area contributed by atoms with Gasteiger partial charge in [0.1, 0.15) is 17.2 Å². The van der Waals surface area contributed by atoms with Crippen molar-refractivity contribution in [3.8, 4) is 67.3 Å². The number of fused-ring (bicyclic) bond motifs is 6. The van der Waals surface area contributed by atoms with Gasteiger partial charge in [0.05, 0.1) is 11.3 Å². The van der Waals surface area contributed by atoms with Crippen LogP contribution in [0.2, 0.25) is 0 Å². The van der Waals surface area contributed by atoms with Gasteiger partial charge in [-0.05, 0) is 151 Å². The van der Waals surface area contributed by atoms with Crippen molar-refractivity contribution in [2.75, 3.05) is 14.2 Å². The summed E-state index contributed by atoms with van der Waals surface area (Å²) in [4.78, 5) is 26.3. The Hall–Kier alpha value is -9.10. The van der Waals surface area contributed by atoms with E-state index in [1.807, 2.05) is 129 Å². The molecule has 0 aliphatic rings. The first-order valence-electron chi connectivity index (χ1n) is 29.2. The van der Waals surface area contributed by atoms with Crippen LogP contribution in [0.25, 0.3) is 111 Å². The summed E-state index contributed by atoms with van der Waals surface area (Å²) in [6, 6.07) is 69.4. The van der Waals surface area contributed by atoms with Gasteiger partial charge in [0, 0.05) is 121 Å². The zero-order valence-corrected chi connectivity index (χ0v) is 51.5. The van der Waals surface area contributed by atoms with Gasteiger partial charge in [-0.3, -0.25) is 4.98 Å². The van der Waals surface area contributed by atoms with E-state index in [1.54, 1.807) is 73.1 Å². The van der Waals surface area contributed by atoms with Crippen LogP contribution in [-0.2, 0) is 40.2 Å². The number of para-hydroxylation sites is 1. The average Bonchev–Trinajstić information content (AvgIpc) is 1.64. The predicted molar refractivity (Wildman–Crippen MR) is 331 cm³/mol. The summed E-state index contributed by atoms with van der Waals surface area (Å²) in [6.07, 6.45) is 6.29. The molecule has 14 rings (SSSR count). The van der Waals surface area contributed by atoms with Gasteiger partial charge in [-0.15, -0.1) is 90.0 Å². The second kappa shape index (κ2) is 31.2. The molecule has 0 aliphatic carbocycles. The minimum atomic E-state index is -2.09. The number of halogens is 2. The van der Waals surface area contributed by atoms with E-state index in [1.165, 1.54) is 36.7 Å². The van der Waals surface area contributed by atoms with Crippen molar-refractivity contribution in [2.45, 2.75) is 27.6 Å². The number of aliphatic hydroxyl groups is 2. The van der Waals surface area contributed by atoms with Gasteiger partial charge in [0.25, 0.3) is 0 Å². The molecule has 0 amide bonds. The molecule has 434 valence electrons. The van der Waals surface area contributed by atoms with Crippen molar-refractivity contribution >= 4 is 44.1 Å². The number of nitrogens with zero attached hydrogens (tertiary/aromatic N) is 6. The molecule has 14 aromatic rings. The molecule has 0 bridgehead atoms. The number of hydrogen-bond donors (Lipinski definition) is 2. The normalized spacial score (nSPS) is 11.6. The first-order valence-corrected chi connectivity index (χ1v) is 26.2. The molecule has 0 saturated heterocycles. The van der Waals surface area contributed by atoms with Crippen LogP contribution in [0.15, 0.2) is 234 Å². The van der Waals surface area contributed by atoms with Crippen molar-refractivity contribution < 1.29 is 76.3 Å². The first-order chi connectivity index (χ1) is 43.5. The molecule has 0 fully saturated rings. The Balaban J connectivity index is 0.000000174. The van der Waals surface area contributed by atoms with Crippen LogP contribution in [-0.4, -0.2) is 54.3 Å². The van der Waals surface area contributed by atoms with Crippen LogP contribution in [0.3, 0.4) is 0 Å². The monoisotopic (exact) mass is 1500 g/mol. The second-order valence-electron chi connectivity index (χ2n) is 18.4. The topological polar surface area (TPSA) is 144 Å². The molecule has 2 radical (unpaired) electrons. The smallest absolute Gasteiger partial charge is 0.227 e. The van der Waals surface area contributed by atoms with E-state index in [2.05, 4.69) is 48.1 Å². The fraction of sp³-hybridized carbons (Fsp3) is 0.0833. The molecule has 2 N–H and O–H groups in total. The molecule has 0 aliphatic heterocycles. The van der Waals surface area contributed by atoms with Gasteiger partial charge >= 0.3 is 0 Å². The van der Waals surface area contributed by atoms with Crippen LogP contribution < -0.4 is 0 Å². The van der Waals surface area contributed by atoms with Crippen molar-refractivity contribution in [2.24, 2.45) is 0 Å². The molecule has 6 aromatic carbocycles. The Morgan fingerprint density at radius 1 is 0.419 bits per heavy atom. The maximum atomic E-state index is 13.2. The predicted octanol–water partition coefficient (Wildman–Crippen LogP) is 17.0. The minimum absolute atomic E-state index is 0. The third-order valence-electron chi connectivity index (χ3n) is 12.8. The fourth-order valence-electron chi connectivity index (χ4n) is 8.88. The molecule has 0 atom stereocenters. The number of aliphatic hydroxyl groups excluding tert-OH is 2. The SMILES string of the molecule is CO.CO.Cc1ccc2c(n1)oc1c(-c3cc(-c4ccc(F)cc4)ccn3)[c-]ccc12.Cc1ccc2c(n1)oc1c(-c3cc(-c4ccc(F)cc4)ccn3)cccc12.[2H]C([2H])([2H])c1ccc(-c2[c-]cccc2)nc1.[2H]C([2H])([2H])c1ccc(-c2[c-]cccc2)nc1.[Ir].[Ir]. The molecule has 0 spiro atoms. The van der Waals surface area contributed by atoms with E-state index in [4.69, 9.17) is 27.3 Å². The van der Waals surface area contributed by atoms with E-state index < -0.39 is 13.7 Å². The van der Waals surface area contributed by atoms with Gasteiger partial charge in [-0.1, -0.05) is 77.7 Å². The molecule has 0 unspecified atom stereocenters. The third-order valence-corrected chi connectivity index (χ3v) is 12.8. The van der Waals surface area contributed by atoms with Crippen LogP contribution >= 0.6 is 0 Å². The molecule has 86 heavy (non-hydrogen) atoms. The number of benzene rings is 6. The number of furan rings is 2. The summed E-state index contributed by atoms with van der Waals surface area (Å²) in [5, 5.41) is 18.0. The summed E-state index contributed by atoms with van der Waals surface area (Å²) in [5.74, 6) is -0.501. The number of aryl methyl sites for hydroxylation is 4. The maximum absolute atomic E-state index is 13.2. The molecular formula is C72H57F2Ir2N6O4-3. The third kappa shape index (κ3) is 15.8. The van der Waals surface area contributed by atoms with Gasteiger partial charge in [0.2, 0.25) is 11.4 Å². The summed E-state index contributed by atoms with van der Waals surface area (Å²) < 4.78 is 82.0. The summed E-state index contributed by atoms with van der Waals surface area (Å²) >= 11 is 0. The van der Waals surface area contributed by atoms with Crippen molar-refractivity contribution in [3.63, 3.8) is 0 Å². The van der Waals surface area contributed by atoms with Crippen molar-refractivity contribution in [1.82, 2.24) is 29.9 Å². The number of pyridine rings is 6. The Labute approximate surface area is 533 Å². The van der Waals surface area contributed by atoms with E-state index in [9.17, 15) is 8.78 Å². The Morgan fingerprint density at radius 3 is 1.38 bits per heavy atom. The maximum Gasteiger partial charge on any atom is 0.227 e. The van der Waals surface area contributed by atoms with E-state index in [0.29, 0.717) is 17.0 Å². The quantitative estimate of drug-likeness (QED) is 0.154. The van der Waals surface area contributed by atoms with Gasteiger partial charge in [0.15, 0.2) is 0 Å². The molecule has 8 aromatic heterocycles. The van der Waals surface area contributed by atoms with Gasteiger partial charge < -0.3 is 34.0 Å². The Kier molecular flexibility index (Phi) is 20.3. The molecule has 0 saturated carbocycles. The number of hydrogen-bond acceptors (Lipinski definition) is 10. The van der Waals surface area contributed by atoms with Crippen LogP contribution in [0.5, 0.6) is 0 Å². The summed E-state index contributed by atoms with van der Waals surface area (Å²) in [5.41, 5.74) is 15.3. The van der Waals surface area contributed by atoms with Gasteiger partial charge in [-0.2, -0.15) is 0 Å². The Morgan fingerprint density at radius 2 is 0.907 bits per heavy atom. The number of aromatic nitrogens is 6. The molecule has 8 heterocycles. The Bertz CT molecular complexity index is 4370. The molecule has 14 heteroatoms. The number of rotatable bonds is 6. The first kappa shape index (κ1) is 56.1. The van der Waals surface area contributed by atoms with E-state index >= 15 is 0 Å². The average molecular weight is 1500 g/mol. The second-order valence-corrected chi connectivity index (χ2v) is 18.4. The van der Waals surface area contributed by atoms with E-state index in [-0.39, 0.29) is 63.0 Å². The van der Waals surface area contributed by atoms with Crippen molar-refractivity contribution in [1.29, 1.82) is 0 Å². The minimum Gasteiger partial charge on any atom is -0.486 e. The standard InChI is InChI=1S/C23H15FN2O.C23H14FN2O.2C12H10N.2CH4O.2Ir/c2*1-14-5-10-19-18-3-2-4-20(22(18)27-23(19)26-14)21-13-16(11-12-25-21)15-6-8-17(24)9-7-15;2*1-10-7-8-12(13-9-10)11-5-3-2-4-6-11;2*1-2;;/h2-13H,1H3;2-3,5-13H,1H3;2*2-5,7-9H,1H3;2*2H,1H3;;/q;3*-1;;;;/i;;2*1D3;;;;. The molecule has 10 nitrogen and oxygen atoms in total.